The highest BCUT2D eigenvalue weighted by molar-refractivity contribution is 5.89. The summed E-state index contributed by atoms with van der Waals surface area (Å²) in [6, 6.07) is 13.5. The molecule has 0 radical (unpaired) electrons. The fourth-order valence-electron chi connectivity index (χ4n) is 2.56. The van der Waals surface area contributed by atoms with Gasteiger partial charge < -0.3 is 10.2 Å². The van der Waals surface area contributed by atoms with E-state index in [9.17, 15) is 14.9 Å². The number of nitro benzene ring substituents is 1. The lowest BCUT2D eigenvalue weighted by atomic mass is 9.87. The monoisotopic (exact) mass is 355 g/mol. The Bertz CT molecular complexity index is 795. The minimum Gasteiger partial charge on any atom is -0.321 e. The first-order valence-corrected chi connectivity index (χ1v) is 8.48. The van der Waals surface area contributed by atoms with E-state index in [-0.39, 0.29) is 23.2 Å². The Morgan fingerprint density at radius 2 is 1.77 bits per heavy atom. The first-order chi connectivity index (χ1) is 12.1. The number of urea groups is 1. The minimum absolute atomic E-state index is 0.0147. The van der Waals surface area contributed by atoms with Crippen molar-refractivity contribution in [3.8, 4) is 0 Å². The van der Waals surface area contributed by atoms with E-state index in [1.54, 1.807) is 19.2 Å². The number of carbonyl (C=O) groups is 1. The second-order valence-corrected chi connectivity index (χ2v) is 7.40. The summed E-state index contributed by atoms with van der Waals surface area (Å²) in [4.78, 5) is 24.5. The Hall–Kier alpha value is -2.89. The summed E-state index contributed by atoms with van der Waals surface area (Å²) in [6.45, 7) is 8.24. The fourth-order valence-corrected chi connectivity index (χ4v) is 2.56. The molecule has 0 heterocycles. The highest BCUT2D eigenvalue weighted by Crippen LogP contribution is 2.25. The Morgan fingerprint density at radius 3 is 2.31 bits per heavy atom. The summed E-state index contributed by atoms with van der Waals surface area (Å²) in [7, 11) is 1.67. The SMILES string of the molecule is CC(c1cccc([N+](=O)[O-])c1)N(C)C(=O)Nc1ccc(C(C)(C)C)cc1. The van der Waals surface area contributed by atoms with Gasteiger partial charge in [-0.2, -0.15) is 0 Å². The van der Waals surface area contributed by atoms with Gasteiger partial charge in [0.2, 0.25) is 0 Å². The van der Waals surface area contributed by atoms with Gasteiger partial charge in [-0.3, -0.25) is 10.1 Å². The van der Waals surface area contributed by atoms with Crippen LogP contribution in [0.2, 0.25) is 0 Å². The topological polar surface area (TPSA) is 75.5 Å². The van der Waals surface area contributed by atoms with E-state index in [0.29, 0.717) is 11.3 Å². The van der Waals surface area contributed by atoms with Crippen molar-refractivity contribution in [1.82, 2.24) is 4.90 Å². The molecule has 0 bridgehead atoms. The molecule has 0 aliphatic heterocycles. The molecule has 0 fully saturated rings. The van der Waals surface area contributed by atoms with Crippen LogP contribution in [0.3, 0.4) is 0 Å². The molecular weight excluding hydrogens is 330 g/mol. The maximum Gasteiger partial charge on any atom is 0.322 e. The van der Waals surface area contributed by atoms with E-state index in [4.69, 9.17) is 0 Å². The van der Waals surface area contributed by atoms with Crippen LogP contribution in [0.4, 0.5) is 16.2 Å². The third-order valence-electron chi connectivity index (χ3n) is 4.47. The maximum absolute atomic E-state index is 12.5. The fraction of sp³-hybridized carbons (Fsp3) is 0.350. The molecule has 1 atom stereocenters. The second-order valence-electron chi connectivity index (χ2n) is 7.40. The summed E-state index contributed by atoms with van der Waals surface area (Å²) in [5.74, 6) is 0. The van der Waals surface area contributed by atoms with Crippen LogP contribution in [-0.2, 0) is 5.41 Å². The molecule has 26 heavy (non-hydrogen) atoms. The molecule has 1 unspecified atom stereocenters. The van der Waals surface area contributed by atoms with Crippen LogP contribution >= 0.6 is 0 Å². The van der Waals surface area contributed by atoms with Gasteiger partial charge in [0, 0.05) is 24.9 Å². The number of rotatable bonds is 4. The molecule has 1 N–H and O–H groups in total. The van der Waals surface area contributed by atoms with E-state index in [0.717, 1.165) is 0 Å². The number of hydrogen-bond donors (Lipinski definition) is 1. The molecule has 0 saturated heterocycles. The summed E-state index contributed by atoms with van der Waals surface area (Å²) < 4.78 is 0. The van der Waals surface area contributed by atoms with E-state index in [1.165, 1.54) is 22.6 Å². The molecular formula is C20H25N3O3. The van der Waals surface area contributed by atoms with Crippen LogP contribution in [0, 0.1) is 10.1 Å². The predicted octanol–water partition coefficient (Wildman–Crippen LogP) is 5.12. The smallest absolute Gasteiger partial charge is 0.321 e. The quantitative estimate of drug-likeness (QED) is 0.611. The van der Waals surface area contributed by atoms with Gasteiger partial charge in [-0.25, -0.2) is 4.79 Å². The summed E-state index contributed by atoms with van der Waals surface area (Å²) >= 11 is 0. The molecule has 2 rings (SSSR count). The molecule has 0 saturated carbocycles. The minimum atomic E-state index is -0.437. The van der Waals surface area contributed by atoms with E-state index >= 15 is 0 Å². The number of non-ortho nitro benzene ring substituents is 1. The molecule has 6 nitrogen and oxygen atoms in total. The van der Waals surface area contributed by atoms with Gasteiger partial charge in [-0.05, 0) is 35.6 Å². The number of anilines is 1. The lowest BCUT2D eigenvalue weighted by Crippen LogP contribution is -2.33. The van der Waals surface area contributed by atoms with Crippen LogP contribution < -0.4 is 5.32 Å². The Morgan fingerprint density at radius 1 is 1.15 bits per heavy atom. The summed E-state index contributed by atoms with van der Waals surface area (Å²) in [5.41, 5.74) is 2.67. The van der Waals surface area contributed by atoms with Crippen LogP contribution in [0.5, 0.6) is 0 Å². The standard InChI is InChI=1S/C20H25N3O3/c1-14(15-7-6-8-18(13-15)23(25)26)22(5)19(24)21-17-11-9-16(10-12-17)20(2,3)4/h6-14H,1-5H3,(H,21,24). The number of benzene rings is 2. The van der Waals surface area contributed by atoms with Gasteiger partial charge in [0.15, 0.2) is 0 Å². The van der Waals surface area contributed by atoms with Crippen molar-refractivity contribution in [2.45, 2.75) is 39.2 Å². The predicted molar refractivity (Wildman–Crippen MR) is 103 cm³/mol. The van der Waals surface area contributed by atoms with Gasteiger partial charge in [0.1, 0.15) is 0 Å². The van der Waals surface area contributed by atoms with Crippen molar-refractivity contribution in [2.75, 3.05) is 12.4 Å². The Kier molecular flexibility index (Phi) is 5.65. The largest absolute Gasteiger partial charge is 0.322 e. The first-order valence-electron chi connectivity index (χ1n) is 8.48. The zero-order valence-electron chi connectivity index (χ0n) is 15.8. The molecule has 0 aliphatic rings. The molecule has 0 spiro atoms. The van der Waals surface area contributed by atoms with E-state index < -0.39 is 4.92 Å². The van der Waals surface area contributed by atoms with E-state index in [2.05, 4.69) is 26.1 Å². The van der Waals surface area contributed by atoms with Crippen molar-refractivity contribution in [3.63, 3.8) is 0 Å². The molecule has 0 aliphatic carbocycles. The third kappa shape index (κ3) is 4.59. The van der Waals surface area contributed by atoms with Crippen molar-refractivity contribution < 1.29 is 9.72 Å². The maximum atomic E-state index is 12.5. The van der Waals surface area contributed by atoms with Crippen molar-refractivity contribution in [3.05, 3.63) is 69.8 Å². The number of carbonyl (C=O) groups excluding carboxylic acids is 1. The molecule has 2 amide bonds. The molecule has 2 aromatic rings. The number of nitrogens with one attached hydrogen (secondary N) is 1. The van der Waals surface area contributed by atoms with Crippen molar-refractivity contribution in [2.24, 2.45) is 0 Å². The van der Waals surface area contributed by atoms with Crippen LogP contribution in [0.1, 0.15) is 44.9 Å². The van der Waals surface area contributed by atoms with Gasteiger partial charge in [0.25, 0.3) is 5.69 Å². The number of hydrogen-bond acceptors (Lipinski definition) is 3. The Balaban J connectivity index is 2.09. The van der Waals surface area contributed by atoms with Crippen LogP contribution in [-0.4, -0.2) is 22.9 Å². The average molecular weight is 355 g/mol. The van der Waals surface area contributed by atoms with Gasteiger partial charge in [-0.1, -0.05) is 45.0 Å². The zero-order valence-corrected chi connectivity index (χ0v) is 15.8. The second kappa shape index (κ2) is 7.56. The number of amides is 2. The van der Waals surface area contributed by atoms with Crippen molar-refractivity contribution in [1.29, 1.82) is 0 Å². The molecule has 0 aromatic heterocycles. The summed E-state index contributed by atoms with van der Waals surface area (Å²) in [6.07, 6.45) is 0. The lowest BCUT2D eigenvalue weighted by molar-refractivity contribution is -0.384. The lowest BCUT2D eigenvalue weighted by Gasteiger charge is -2.26. The van der Waals surface area contributed by atoms with Gasteiger partial charge >= 0.3 is 6.03 Å². The number of nitrogens with zero attached hydrogens (tertiary/aromatic N) is 2. The zero-order chi connectivity index (χ0) is 19.5. The van der Waals surface area contributed by atoms with Crippen LogP contribution in [0.25, 0.3) is 0 Å². The molecule has 2 aromatic carbocycles. The summed E-state index contributed by atoms with van der Waals surface area (Å²) in [5, 5.41) is 13.8. The normalized spacial score (nSPS) is 12.3. The highest BCUT2D eigenvalue weighted by atomic mass is 16.6. The van der Waals surface area contributed by atoms with Crippen molar-refractivity contribution >= 4 is 17.4 Å². The first kappa shape index (κ1) is 19.4. The van der Waals surface area contributed by atoms with Crippen LogP contribution in [0.15, 0.2) is 48.5 Å². The third-order valence-corrected chi connectivity index (χ3v) is 4.47. The molecule has 6 heteroatoms. The van der Waals surface area contributed by atoms with E-state index in [1.807, 2.05) is 31.2 Å². The van der Waals surface area contributed by atoms with Gasteiger partial charge in [0.05, 0.1) is 11.0 Å². The molecule has 138 valence electrons. The van der Waals surface area contributed by atoms with Gasteiger partial charge in [-0.15, -0.1) is 0 Å². The average Bonchev–Trinajstić information content (AvgIpc) is 2.60. The highest BCUT2D eigenvalue weighted by Gasteiger charge is 2.20. The Labute approximate surface area is 154 Å². The number of nitro groups is 1.